The summed E-state index contributed by atoms with van der Waals surface area (Å²) >= 11 is 0. The van der Waals surface area contributed by atoms with Crippen LogP contribution in [-0.2, 0) is 0 Å². The Morgan fingerprint density at radius 2 is 1.93 bits per heavy atom. The number of amides is 1. The molecule has 27 heavy (non-hydrogen) atoms. The van der Waals surface area contributed by atoms with Crippen molar-refractivity contribution >= 4 is 17.6 Å². The van der Waals surface area contributed by atoms with Crippen LogP contribution in [0.4, 0.5) is 5.69 Å². The molecule has 7 nitrogen and oxygen atoms in total. The van der Waals surface area contributed by atoms with Crippen LogP contribution in [0.15, 0.2) is 53.8 Å². The lowest BCUT2D eigenvalue weighted by Crippen LogP contribution is -2.44. The van der Waals surface area contributed by atoms with E-state index in [0.717, 1.165) is 5.56 Å². The largest absolute Gasteiger partial charge is 0.330 e. The molecule has 0 unspecified atom stereocenters. The SMILES string of the molecule is Cc1ccc(C(=O)N[C@@H](/N=C(\NC#N)Nc2cccnc2)C(C)(C)C)cc1. The molecule has 0 saturated heterocycles. The van der Waals surface area contributed by atoms with E-state index >= 15 is 0 Å². The molecule has 1 aromatic heterocycles. The summed E-state index contributed by atoms with van der Waals surface area (Å²) in [6.07, 6.45) is 4.56. The van der Waals surface area contributed by atoms with Gasteiger partial charge in [0.2, 0.25) is 5.96 Å². The lowest BCUT2D eigenvalue weighted by Gasteiger charge is -2.29. The predicted octanol–water partition coefficient (Wildman–Crippen LogP) is 3.03. The molecule has 0 fully saturated rings. The number of carbonyl (C=O) groups excluding carboxylic acids is 1. The van der Waals surface area contributed by atoms with Crippen molar-refractivity contribution < 1.29 is 4.79 Å². The average Bonchev–Trinajstić information content (AvgIpc) is 2.62. The Morgan fingerprint density at radius 1 is 1.22 bits per heavy atom. The van der Waals surface area contributed by atoms with Gasteiger partial charge in [-0.1, -0.05) is 38.5 Å². The normalized spacial score (nSPS) is 12.6. The molecule has 7 heteroatoms. The molecule has 0 aliphatic carbocycles. The van der Waals surface area contributed by atoms with Gasteiger partial charge in [0.15, 0.2) is 6.19 Å². The van der Waals surface area contributed by atoms with Gasteiger partial charge in [-0.15, -0.1) is 0 Å². The number of aryl methyl sites for hydroxylation is 1. The lowest BCUT2D eigenvalue weighted by molar-refractivity contribution is 0.0906. The van der Waals surface area contributed by atoms with Crippen LogP contribution < -0.4 is 16.0 Å². The molecule has 1 atom stereocenters. The molecule has 0 aliphatic heterocycles. The molecule has 1 amide bonds. The second-order valence-electron chi connectivity index (χ2n) is 7.19. The summed E-state index contributed by atoms with van der Waals surface area (Å²) in [5.41, 5.74) is 1.94. The van der Waals surface area contributed by atoms with Gasteiger partial charge in [-0.25, -0.2) is 4.99 Å². The van der Waals surface area contributed by atoms with Crippen LogP contribution >= 0.6 is 0 Å². The summed E-state index contributed by atoms with van der Waals surface area (Å²) in [5, 5.41) is 17.5. The number of aliphatic imine (C=N–C) groups is 1. The van der Waals surface area contributed by atoms with Crippen LogP contribution in [0.25, 0.3) is 0 Å². The molecule has 0 saturated carbocycles. The number of nitrogens with one attached hydrogen (secondary N) is 3. The third-order valence-corrected chi connectivity index (χ3v) is 3.76. The molecule has 3 N–H and O–H groups in total. The maximum Gasteiger partial charge on any atom is 0.252 e. The van der Waals surface area contributed by atoms with E-state index in [9.17, 15) is 4.79 Å². The van der Waals surface area contributed by atoms with Crippen molar-refractivity contribution in [1.29, 1.82) is 5.26 Å². The van der Waals surface area contributed by atoms with Gasteiger partial charge < -0.3 is 10.6 Å². The van der Waals surface area contributed by atoms with E-state index in [1.807, 2.05) is 46.0 Å². The van der Waals surface area contributed by atoms with Gasteiger partial charge in [-0.05, 0) is 31.2 Å². The van der Waals surface area contributed by atoms with E-state index in [0.29, 0.717) is 11.3 Å². The number of hydrogen-bond acceptors (Lipinski definition) is 4. The highest BCUT2D eigenvalue weighted by Crippen LogP contribution is 2.21. The Hall–Kier alpha value is -3.40. The van der Waals surface area contributed by atoms with Crippen LogP contribution in [0.1, 0.15) is 36.7 Å². The van der Waals surface area contributed by atoms with Crippen molar-refractivity contribution in [3.8, 4) is 6.19 Å². The molecule has 0 bridgehead atoms. The Balaban J connectivity index is 2.25. The van der Waals surface area contributed by atoms with E-state index < -0.39 is 6.17 Å². The van der Waals surface area contributed by atoms with Gasteiger partial charge in [0, 0.05) is 17.2 Å². The smallest absolute Gasteiger partial charge is 0.252 e. The molecule has 2 aromatic rings. The standard InChI is InChI=1S/C20H24N6O/c1-14-7-9-15(10-8-14)17(27)25-18(20(2,3)4)26-19(23-13-21)24-16-6-5-11-22-12-16/h5-12,18H,1-4H3,(H,25,27)(H2,23,24,26)/t18-/m0/s1. The van der Waals surface area contributed by atoms with Crippen molar-refractivity contribution in [3.63, 3.8) is 0 Å². The van der Waals surface area contributed by atoms with Crippen molar-refractivity contribution in [2.75, 3.05) is 5.32 Å². The van der Waals surface area contributed by atoms with E-state index in [2.05, 4.69) is 25.9 Å². The molecule has 0 radical (unpaired) electrons. The number of aromatic nitrogens is 1. The third-order valence-electron chi connectivity index (χ3n) is 3.76. The van der Waals surface area contributed by atoms with Gasteiger partial charge in [0.25, 0.3) is 5.91 Å². The maximum atomic E-state index is 12.6. The highest BCUT2D eigenvalue weighted by Gasteiger charge is 2.27. The number of guanidine groups is 1. The van der Waals surface area contributed by atoms with E-state index in [-0.39, 0.29) is 17.3 Å². The summed E-state index contributed by atoms with van der Waals surface area (Å²) < 4.78 is 0. The monoisotopic (exact) mass is 364 g/mol. The fourth-order valence-electron chi connectivity index (χ4n) is 2.21. The summed E-state index contributed by atoms with van der Waals surface area (Å²) in [4.78, 5) is 21.2. The second-order valence-corrected chi connectivity index (χ2v) is 7.19. The predicted molar refractivity (Wildman–Crippen MR) is 106 cm³/mol. The highest BCUT2D eigenvalue weighted by atomic mass is 16.1. The molecule has 1 aromatic carbocycles. The first-order valence-corrected chi connectivity index (χ1v) is 8.57. The topological polar surface area (TPSA) is 102 Å². The second kappa shape index (κ2) is 8.81. The maximum absolute atomic E-state index is 12.6. The first kappa shape index (κ1) is 19.9. The number of carbonyl (C=O) groups is 1. The van der Waals surface area contributed by atoms with Crippen LogP contribution in [0.2, 0.25) is 0 Å². The quantitative estimate of drug-likeness (QED) is 0.335. The number of nitriles is 1. The van der Waals surface area contributed by atoms with Gasteiger partial charge in [-0.2, -0.15) is 5.26 Å². The van der Waals surface area contributed by atoms with Crippen LogP contribution in [-0.4, -0.2) is 23.0 Å². The van der Waals surface area contributed by atoms with Gasteiger partial charge in [0.1, 0.15) is 6.17 Å². The summed E-state index contributed by atoms with van der Waals surface area (Å²) in [7, 11) is 0. The first-order valence-electron chi connectivity index (χ1n) is 8.57. The molecule has 0 aliphatic rings. The molecule has 2 rings (SSSR count). The average molecular weight is 364 g/mol. The van der Waals surface area contributed by atoms with Crippen molar-refractivity contribution in [1.82, 2.24) is 15.6 Å². The molecule has 0 spiro atoms. The van der Waals surface area contributed by atoms with Crippen molar-refractivity contribution in [3.05, 3.63) is 59.9 Å². The minimum Gasteiger partial charge on any atom is -0.330 e. The number of pyridine rings is 1. The molecular weight excluding hydrogens is 340 g/mol. The van der Waals surface area contributed by atoms with Crippen LogP contribution in [0.5, 0.6) is 0 Å². The number of nitrogens with zero attached hydrogens (tertiary/aromatic N) is 3. The van der Waals surface area contributed by atoms with E-state index in [4.69, 9.17) is 5.26 Å². The summed E-state index contributed by atoms with van der Waals surface area (Å²) in [5.74, 6) is 0.00555. The Labute approximate surface area is 159 Å². The number of rotatable bonds is 4. The Kier molecular flexibility index (Phi) is 6.50. The van der Waals surface area contributed by atoms with Gasteiger partial charge >= 0.3 is 0 Å². The van der Waals surface area contributed by atoms with Crippen molar-refractivity contribution in [2.45, 2.75) is 33.9 Å². The Bertz CT molecular complexity index is 832. The van der Waals surface area contributed by atoms with Crippen LogP contribution in [0.3, 0.4) is 0 Å². The molecular formula is C20H24N6O. The summed E-state index contributed by atoms with van der Waals surface area (Å²) in [6, 6.07) is 10.9. The minimum atomic E-state index is -0.564. The Morgan fingerprint density at radius 3 is 2.48 bits per heavy atom. The van der Waals surface area contributed by atoms with E-state index in [1.165, 1.54) is 0 Å². The molecule has 1 heterocycles. The number of hydrogen-bond donors (Lipinski definition) is 3. The summed E-state index contributed by atoms with van der Waals surface area (Å²) in [6.45, 7) is 7.86. The highest BCUT2D eigenvalue weighted by molar-refractivity contribution is 5.96. The van der Waals surface area contributed by atoms with E-state index in [1.54, 1.807) is 36.7 Å². The first-order chi connectivity index (χ1) is 12.8. The lowest BCUT2D eigenvalue weighted by atomic mass is 9.92. The number of benzene rings is 1. The molecule has 140 valence electrons. The number of anilines is 1. The van der Waals surface area contributed by atoms with Crippen LogP contribution in [0, 0.1) is 23.8 Å². The van der Waals surface area contributed by atoms with Gasteiger partial charge in [0.05, 0.1) is 11.9 Å². The fraction of sp³-hybridized carbons (Fsp3) is 0.300. The van der Waals surface area contributed by atoms with Gasteiger partial charge in [-0.3, -0.25) is 15.1 Å². The fourth-order valence-corrected chi connectivity index (χ4v) is 2.21. The zero-order valence-electron chi connectivity index (χ0n) is 15.9. The zero-order valence-corrected chi connectivity index (χ0v) is 15.9. The van der Waals surface area contributed by atoms with Crippen molar-refractivity contribution in [2.24, 2.45) is 10.4 Å². The third kappa shape index (κ3) is 6.12. The minimum absolute atomic E-state index is 0.226. The zero-order chi connectivity index (χ0) is 19.9.